The van der Waals surface area contributed by atoms with E-state index in [0.717, 1.165) is 65.2 Å². The van der Waals surface area contributed by atoms with E-state index in [1.807, 2.05) is 72.8 Å². The lowest BCUT2D eigenvalue weighted by atomic mass is 9.65. The van der Waals surface area contributed by atoms with Crippen molar-refractivity contribution >= 4 is 29.2 Å². The average Bonchev–Trinajstić information content (AvgIpc) is 3.31. The van der Waals surface area contributed by atoms with Crippen LogP contribution < -0.4 is 23.8 Å². The smallest absolute Gasteiger partial charge is 0.497 e. The molecular weight excluding hydrogens is 795 g/mol. The fraction of sp³-hybridized carbons (Fsp3) is 0.228. The average molecular weight is 850 g/mol. The van der Waals surface area contributed by atoms with Gasteiger partial charge in [-0.3, -0.25) is 4.79 Å². The maximum absolute atomic E-state index is 13.2. The fourth-order valence-corrected chi connectivity index (χ4v) is 9.19. The van der Waals surface area contributed by atoms with Crippen LogP contribution in [0.1, 0.15) is 84.9 Å². The molecule has 1 atom stereocenters. The standard InChI is InChI=1S/C57H55NO6/c1-40-9-23-48(24-10-40)58(49-25-11-41(2)12-26-49)50-27-13-43(14-28-50)39-56(4,44-15-29-51(61-5)30-16-44)45-17-31-53(32-18-45)63-55(60)64-54-35-21-47(22-36-54)57(37-7-6-8-38-57)46-19-33-52(34-20-46)62-42(3)59/h9-36H,6-8,37-39H2,1-5H3. The molecule has 0 aliphatic heterocycles. The Hall–Kier alpha value is -7.12. The Morgan fingerprint density at radius 1 is 0.516 bits per heavy atom. The summed E-state index contributed by atoms with van der Waals surface area (Å²) in [6, 6.07) is 57.6. The molecule has 1 aliphatic rings. The largest absolute Gasteiger partial charge is 0.519 e. The Labute approximate surface area is 377 Å². The Balaban J connectivity index is 0.986. The third-order valence-electron chi connectivity index (χ3n) is 12.7. The number of esters is 1. The summed E-state index contributed by atoms with van der Waals surface area (Å²) >= 11 is 0. The summed E-state index contributed by atoms with van der Waals surface area (Å²) in [7, 11) is 1.68. The van der Waals surface area contributed by atoms with Gasteiger partial charge >= 0.3 is 12.1 Å². The molecule has 0 spiro atoms. The maximum Gasteiger partial charge on any atom is 0.519 e. The number of rotatable bonds is 13. The molecule has 7 nitrogen and oxygen atoms in total. The number of benzene rings is 7. The van der Waals surface area contributed by atoms with E-state index in [4.69, 9.17) is 18.9 Å². The van der Waals surface area contributed by atoms with Gasteiger partial charge in [0.1, 0.15) is 23.0 Å². The molecule has 0 saturated heterocycles. The SMILES string of the molecule is COc1ccc(C(C)(Cc2ccc(N(c3ccc(C)cc3)c3ccc(C)cc3)cc2)c2ccc(OC(=O)Oc3ccc(C4(c5ccc(OC(C)=O)cc5)CCCCC4)cc3)cc2)cc1. The predicted molar refractivity (Wildman–Crippen MR) is 255 cm³/mol. The van der Waals surface area contributed by atoms with Gasteiger partial charge < -0.3 is 23.8 Å². The van der Waals surface area contributed by atoms with Gasteiger partial charge in [0.25, 0.3) is 0 Å². The zero-order valence-corrected chi connectivity index (χ0v) is 37.3. The zero-order chi connectivity index (χ0) is 44.7. The highest BCUT2D eigenvalue weighted by atomic mass is 16.7. The molecule has 0 N–H and O–H groups in total. The van der Waals surface area contributed by atoms with Gasteiger partial charge in [0.2, 0.25) is 0 Å². The second-order valence-corrected chi connectivity index (χ2v) is 17.2. The topological polar surface area (TPSA) is 74.3 Å². The van der Waals surface area contributed by atoms with Gasteiger partial charge in [0.15, 0.2) is 0 Å². The van der Waals surface area contributed by atoms with Crippen molar-refractivity contribution in [1.29, 1.82) is 0 Å². The number of carbonyl (C=O) groups excluding carboxylic acids is 2. The van der Waals surface area contributed by atoms with E-state index in [0.29, 0.717) is 23.7 Å². The molecule has 1 fully saturated rings. The Morgan fingerprint density at radius 3 is 1.33 bits per heavy atom. The summed E-state index contributed by atoms with van der Waals surface area (Å²) in [5, 5.41) is 0. The first-order valence-electron chi connectivity index (χ1n) is 22.1. The van der Waals surface area contributed by atoms with E-state index in [9.17, 15) is 9.59 Å². The van der Waals surface area contributed by atoms with Gasteiger partial charge in [-0.25, -0.2) is 4.79 Å². The van der Waals surface area contributed by atoms with E-state index < -0.39 is 11.6 Å². The van der Waals surface area contributed by atoms with Crippen molar-refractivity contribution in [3.05, 3.63) is 209 Å². The highest BCUT2D eigenvalue weighted by Gasteiger charge is 2.36. The van der Waals surface area contributed by atoms with Crippen molar-refractivity contribution in [2.24, 2.45) is 0 Å². The molecule has 0 bridgehead atoms. The van der Waals surface area contributed by atoms with Crippen molar-refractivity contribution in [2.45, 2.75) is 77.0 Å². The lowest BCUT2D eigenvalue weighted by Gasteiger charge is -2.38. The highest BCUT2D eigenvalue weighted by molar-refractivity contribution is 5.77. The normalized spacial score (nSPS) is 14.1. The number of methoxy groups -OCH3 is 1. The van der Waals surface area contributed by atoms with Gasteiger partial charge in [0, 0.05) is 34.8 Å². The molecule has 0 radical (unpaired) electrons. The molecule has 324 valence electrons. The van der Waals surface area contributed by atoms with Crippen molar-refractivity contribution in [2.75, 3.05) is 12.0 Å². The van der Waals surface area contributed by atoms with Crippen molar-refractivity contribution in [3.8, 4) is 23.0 Å². The van der Waals surface area contributed by atoms with Crippen molar-refractivity contribution in [1.82, 2.24) is 0 Å². The van der Waals surface area contributed by atoms with Crippen LogP contribution in [0.5, 0.6) is 23.0 Å². The summed E-state index contributed by atoms with van der Waals surface area (Å²) in [4.78, 5) is 26.9. The summed E-state index contributed by atoms with van der Waals surface area (Å²) in [6.45, 7) is 7.86. The summed E-state index contributed by atoms with van der Waals surface area (Å²) in [6.07, 6.45) is 5.34. The molecule has 7 heteroatoms. The number of carbonyl (C=O) groups is 2. The Kier molecular flexibility index (Phi) is 13.0. The van der Waals surface area contributed by atoms with E-state index in [1.165, 1.54) is 35.6 Å². The van der Waals surface area contributed by atoms with Gasteiger partial charge in [-0.1, -0.05) is 122 Å². The molecule has 0 aromatic heterocycles. The van der Waals surface area contributed by atoms with Crippen LogP contribution in [0.25, 0.3) is 0 Å². The van der Waals surface area contributed by atoms with Crippen molar-refractivity contribution < 1.29 is 28.5 Å². The van der Waals surface area contributed by atoms with Crippen LogP contribution in [0.4, 0.5) is 21.9 Å². The third-order valence-corrected chi connectivity index (χ3v) is 12.7. The molecule has 0 heterocycles. The second kappa shape index (κ2) is 19.1. The molecule has 7 aromatic rings. The number of aryl methyl sites for hydroxylation is 2. The lowest BCUT2D eigenvalue weighted by Crippen LogP contribution is -2.30. The number of hydrogen-bond donors (Lipinski definition) is 0. The van der Waals surface area contributed by atoms with Gasteiger partial charge in [0.05, 0.1) is 7.11 Å². The summed E-state index contributed by atoms with van der Waals surface area (Å²) < 4.78 is 22.2. The quantitative estimate of drug-likeness (QED) is 0.0650. The maximum atomic E-state index is 13.2. The monoisotopic (exact) mass is 849 g/mol. The molecule has 0 amide bonds. The first kappa shape index (κ1) is 43.5. The van der Waals surface area contributed by atoms with Gasteiger partial charge in [-0.2, -0.15) is 0 Å². The zero-order valence-electron chi connectivity index (χ0n) is 37.3. The molecule has 8 rings (SSSR count). The van der Waals surface area contributed by atoms with Crippen LogP contribution in [0, 0.1) is 13.8 Å². The molecular formula is C57H55NO6. The molecule has 64 heavy (non-hydrogen) atoms. The number of ether oxygens (including phenoxy) is 4. The fourth-order valence-electron chi connectivity index (χ4n) is 9.19. The van der Waals surface area contributed by atoms with Crippen LogP contribution in [0.15, 0.2) is 170 Å². The first-order chi connectivity index (χ1) is 31.0. The van der Waals surface area contributed by atoms with Crippen LogP contribution in [-0.4, -0.2) is 19.2 Å². The molecule has 1 unspecified atom stereocenters. The Bertz CT molecular complexity index is 2600. The van der Waals surface area contributed by atoms with E-state index >= 15 is 0 Å². The van der Waals surface area contributed by atoms with E-state index in [2.05, 4.69) is 123 Å². The Morgan fingerprint density at radius 2 is 0.906 bits per heavy atom. The molecule has 7 aromatic carbocycles. The summed E-state index contributed by atoms with van der Waals surface area (Å²) in [5.74, 6) is 1.78. The third kappa shape index (κ3) is 9.74. The van der Waals surface area contributed by atoms with Gasteiger partial charge in [-0.15, -0.1) is 0 Å². The van der Waals surface area contributed by atoms with Crippen LogP contribution in [0.3, 0.4) is 0 Å². The van der Waals surface area contributed by atoms with Crippen molar-refractivity contribution in [3.63, 3.8) is 0 Å². The minimum absolute atomic E-state index is 0.178. The van der Waals surface area contributed by atoms with E-state index in [-0.39, 0.29) is 11.4 Å². The molecule has 1 aliphatic carbocycles. The highest BCUT2D eigenvalue weighted by Crippen LogP contribution is 2.46. The number of hydrogen-bond acceptors (Lipinski definition) is 7. The van der Waals surface area contributed by atoms with Crippen LogP contribution in [0.2, 0.25) is 0 Å². The lowest BCUT2D eigenvalue weighted by molar-refractivity contribution is -0.131. The van der Waals surface area contributed by atoms with Crippen LogP contribution >= 0.6 is 0 Å². The summed E-state index contributed by atoms with van der Waals surface area (Å²) in [5.41, 5.74) is 10.8. The predicted octanol–water partition coefficient (Wildman–Crippen LogP) is 14.1. The van der Waals surface area contributed by atoms with Gasteiger partial charge in [-0.05, 0) is 146 Å². The van der Waals surface area contributed by atoms with E-state index in [1.54, 1.807) is 7.11 Å². The number of nitrogens with zero attached hydrogens (tertiary/aromatic N) is 1. The minimum atomic E-state index is -0.808. The number of anilines is 3. The first-order valence-corrected chi connectivity index (χ1v) is 22.1. The molecule has 1 saturated carbocycles. The minimum Gasteiger partial charge on any atom is -0.497 e. The van der Waals surface area contributed by atoms with Crippen LogP contribution in [-0.2, 0) is 22.0 Å². The second-order valence-electron chi connectivity index (χ2n) is 17.2.